The second kappa shape index (κ2) is 6.82. The Kier molecular flexibility index (Phi) is 5.04. The van der Waals surface area contributed by atoms with Crippen molar-refractivity contribution in [3.63, 3.8) is 0 Å². The molecule has 1 amide bonds. The maximum Gasteiger partial charge on any atom is 0.253 e. The number of hydrogen-bond acceptors (Lipinski definition) is 3. The maximum absolute atomic E-state index is 12.2. The van der Waals surface area contributed by atoms with Crippen molar-refractivity contribution >= 4 is 17.3 Å². The van der Waals surface area contributed by atoms with Crippen LogP contribution in [0, 0.1) is 0 Å². The van der Waals surface area contributed by atoms with Gasteiger partial charge in [-0.1, -0.05) is 26.0 Å². The lowest BCUT2D eigenvalue weighted by Gasteiger charge is -2.20. The van der Waals surface area contributed by atoms with E-state index in [9.17, 15) is 4.79 Å². The first-order valence-electron chi connectivity index (χ1n) is 7.89. The van der Waals surface area contributed by atoms with Gasteiger partial charge in [-0.25, -0.2) is 0 Å². The molecular formula is C19H25N3O. The molecule has 1 heterocycles. The van der Waals surface area contributed by atoms with Crippen LogP contribution in [0.25, 0.3) is 0 Å². The van der Waals surface area contributed by atoms with Gasteiger partial charge in [0.25, 0.3) is 5.91 Å². The number of pyridine rings is 1. The number of carbonyl (C=O) groups excluding carboxylic acids is 1. The Morgan fingerprint density at radius 2 is 1.70 bits per heavy atom. The molecule has 2 rings (SSSR count). The van der Waals surface area contributed by atoms with E-state index in [1.54, 1.807) is 12.4 Å². The molecule has 0 saturated heterocycles. The Labute approximate surface area is 138 Å². The van der Waals surface area contributed by atoms with Crippen molar-refractivity contribution in [2.45, 2.75) is 46.1 Å². The van der Waals surface area contributed by atoms with Gasteiger partial charge in [0, 0.05) is 17.4 Å². The molecule has 23 heavy (non-hydrogen) atoms. The number of anilines is 2. The van der Waals surface area contributed by atoms with Crippen molar-refractivity contribution < 1.29 is 4.79 Å². The SMILES string of the molecule is CC(C)c1ccc(Nc2cncc(C(=O)NC(C)(C)C)c2)cc1. The fourth-order valence-corrected chi connectivity index (χ4v) is 2.16. The highest BCUT2D eigenvalue weighted by atomic mass is 16.1. The maximum atomic E-state index is 12.2. The number of hydrogen-bond donors (Lipinski definition) is 2. The van der Waals surface area contributed by atoms with Crippen LogP contribution in [-0.4, -0.2) is 16.4 Å². The van der Waals surface area contributed by atoms with E-state index >= 15 is 0 Å². The average Bonchev–Trinajstić information content (AvgIpc) is 2.46. The molecule has 4 heteroatoms. The Hall–Kier alpha value is -2.36. The Morgan fingerprint density at radius 1 is 1.04 bits per heavy atom. The van der Waals surface area contributed by atoms with Crippen molar-refractivity contribution in [3.05, 3.63) is 53.9 Å². The third-order valence-corrected chi connectivity index (χ3v) is 3.35. The molecule has 0 fully saturated rings. The van der Waals surface area contributed by atoms with Crippen LogP contribution in [0.4, 0.5) is 11.4 Å². The van der Waals surface area contributed by atoms with Crippen LogP contribution in [0.5, 0.6) is 0 Å². The lowest BCUT2D eigenvalue weighted by molar-refractivity contribution is 0.0919. The third-order valence-electron chi connectivity index (χ3n) is 3.35. The van der Waals surface area contributed by atoms with Gasteiger partial charge in [-0.05, 0) is 50.5 Å². The molecule has 0 spiro atoms. The number of nitrogens with zero attached hydrogens (tertiary/aromatic N) is 1. The highest BCUT2D eigenvalue weighted by Crippen LogP contribution is 2.20. The molecule has 0 atom stereocenters. The molecule has 0 radical (unpaired) electrons. The average molecular weight is 311 g/mol. The monoisotopic (exact) mass is 311 g/mol. The van der Waals surface area contributed by atoms with Crippen LogP contribution in [0.15, 0.2) is 42.7 Å². The van der Waals surface area contributed by atoms with Crippen molar-refractivity contribution in [2.24, 2.45) is 0 Å². The Balaban J connectivity index is 2.12. The van der Waals surface area contributed by atoms with Crippen molar-refractivity contribution in [1.29, 1.82) is 0 Å². The molecule has 0 bridgehead atoms. The predicted molar refractivity (Wildman–Crippen MR) is 95.3 cm³/mol. The van der Waals surface area contributed by atoms with E-state index in [1.165, 1.54) is 5.56 Å². The van der Waals surface area contributed by atoms with Crippen LogP contribution in [-0.2, 0) is 0 Å². The van der Waals surface area contributed by atoms with Gasteiger partial charge in [0.05, 0.1) is 17.4 Å². The molecule has 2 N–H and O–H groups in total. The van der Waals surface area contributed by atoms with E-state index in [4.69, 9.17) is 0 Å². The summed E-state index contributed by atoms with van der Waals surface area (Å²) in [6, 6.07) is 10.1. The number of aromatic nitrogens is 1. The van der Waals surface area contributed by atoms with Gasteiger partial charge < -0.3 is 10.6 Å². The quantitative estimate of drug-likeness (QED) is 0.875. The zero-order chi connectivity index (χ0) is 17.0. The highest BCUT2D eigenvalue weighted by molar-refractivity contribution is 5.95. The summed E-state index contributed by atoms with van der Waals surface area (Å²) < 4.78 is 0. The summed E-state index contributed by atoms with van der Waals surface area (Å²) >= 11 is 0. The van der Waals surface area contributed by atoms with E-state index in [-0.39, 0.29) is 11.4 Å². The minimum absolute atomic E-state index is 0.121. The summed E-state index contributed by atoms with van der Waals surface area (Å²) in [6.45, 7) is 10.2. The molecule has 2 aromatic rings. The van der Waals surface area contributed by atoms with Gasteiger partial charge >= 0.3 is 0 Å². The summed E-state index contributed by atoms with van der Waals surface area (Å²) in [5.74, 6) is 0.388. The molecule has 1 aromatic heterocycles. The van der Waals surface area contributed by atoms with Crippen LogP contribution in [0.2, 0.25) is 0 Å². The van der Waals surface area contributed by atoms with Crippen molar-refractivity contribution in [2.75, 3.05) is 5.32 Å². The zero-order valence-corrected chi connectivity index (χ0v) is 14.5. The lowest BCUT2D eigenvalue weighted by Crippen LogP contribution is -2.40. The molecule has 0 saturated carbocycles. The second-order valence-electron chi connectivity index (χ2n) is 7.07. The molecule has 1 aromatic carbocycles. The van der Waals surface area contributed by atoms with Gasteiger partial charge in [0.1, 0.15) is 0 Å². The van der Waals surface area contributed by atoms with Crippen molar-refractivity contribution in [1.82, 2.24) is 10.3 Å². The standard InChI is InChI=1S/C19H25N3O/c1-13(2)14-6-8-16(9-7-14)21-17-10-15(11-20-12-17)18(23)22-19(3,4)5/h6-13,21H,1-5H3,(H,22,23). The van der Waals surface area contributed by atoms with Crippen LogP contribution >= 0.6 is 0 Å². The summed E-state index contributed by atoms with van der Waals surface area (Å²) in [7, 11) is 0. The van der Waals surface area contributed by atoms with Gasteiger partial charge in [-0.3, -0.25) is 9.78 Å². The summed E-state index contributed by atoms with van der Waals surface area (Å²) in [6.07, 6.45) is 3.29. The molecule has 0 aliphatic rings. The number of benzene rings is 1. The van der Waals surface area contributed by atoms with E-state index < -0.39 is 0 Å². The first kappa shape index (κ1) is 17.0. The molecule has 122 valence electrons. The number of amides is 1. The van der Waals surface area contributed by atoms with Gasteiger partial charge in [-0.15, -0.1) is 0 Å². The summed E-state index contributed by atoms with van der Waals surface area (Å²) in [4.78, 5) is 16.4. The molecule has 4 nitrogen and oxygen atoms in total. The summed E-state index contributed by atoms with van der Waals surface area (Å²) in [5.41, 5.74) is 3.34. The van der Waals surface area contributed by atoms with Crippen LogP contribution in [0.3, 0.4) is 0 Å². The first-order valence-corrected chi connectivity index (χ1v) is 7.89. The number of rotatable bonds is 4. The minimum atomic E-state index is -0.271. The smallest absolute Gasteiger partial charge is 0.253 e. The first-order chi connectivity index (χ1) is 10.7. The molecule has 0 unspecified atom stereocenters. The Morgan fingerprint density at radius 3 is 2.26 bits per heavy atom. The summed E-state index contributed by atoms with van der Waals surface area (Å²) in [5, 5.41) is 6.23. The topological polar surface area (TPSA) is 54.0 Å². The fraction of sp³-hybridized carbons (Fsp3) is 0.368. The molecular weight excluding hydrogens is 286 g/mol. The Bertz CT molecular complexity index is 670. The third kappa shape index (κ3) is 5.09. The normalized spacial score (nSPS) is 11.4. The van der Waals surface area contributed by atoms with Crippen molar-refractivity contribution in [3.8, 4) is 0 Å². The van der Waals surface area contributed by atoms with E-state index in [0.29, 0.717) is 11.5 Å². The van der Waals surface area contributed by atoms with E-state index in [2.05, 4.69) is 41.6 Å². The zero-order valence-electron chi connectivity index (χ0n) is 14.5. The van der Waals surface area contributed by atoms with E-state index in [1.807, 2.05) is 39.0 Å². The lowest BCUT2D eigenvalue weighted by atomic mass is 10.0. The minimum Gasteiger partial charge on any atom is -0.354 e. The predicted octanol–water partition coefficient (Wildman–Crippen LogP) is 4.48. The largest absolute Gasteiger partial charge is 0.354 e. The van der Waals surface area contributed by atoms with Gasteiger partial charge in [0.15, 0.2) is 0 Å². The van der Waals surface area contributed by atoms with Gasteiger partial charge in [0.2, 0.25) is 0 Å². The van der Waals surface area contributed by atoms with Gasteiger partial charge in [-0.2, -0.15) is 0 Å². The van der Waals surface area contributed by atoms with Crippen LogP contribution in [0.1, 0.15) is 56.5 Å². The molecule has 0 aliphatic carbocycles. The van der Waals surface area contributed by atoms with E-state index in [0.717, 1.165) is 11.4 Å². The molecule has 0 aliphatic heterocycles. The van der Waals surface area contributed by atoms with Crippen LogP contribution < -0.4 is 10.6 Å². The second-order valence-corrected chi connectivity index (χ2v) is 7.07. The fourth-order valence-electron chi connectivity index (χ4n) is 2.16. The highest BCUT2D eigenvalue weighted by Gasteiger charge is 2.15. The number of carbonyl (C=O) groups is 1. The number of nitrogens with one attached hydrogen (secondary N) is 2.